The van der Waals surface area contributed by atoms with Gasteiger partial charge < -0.3 is 63.3 Å². The van der Waals surface area contributed by atoms with E-state index in [0.29, 0.717) is 123 Å². The maximum absolute atomic E-state index is 14.0. The molecule has 65 heavy (non-hydrogen) atoms. The molecule has 3 N–H and O–H groups in total. The number of anilines is 1. The zero-order valence-electron chi connectivity index (χ0n) is 36.8. The summed E-state index contributed by atoms with van der Waals surface area (Å²) in [5, 5.41) is 12.5. The van der Waals surface area contributed by atoms with E-state index in [1.54, 1.807) is 30.3 Å². The number of alkyl halides is 3. The molecule has 0 fully saturated rings. The smallest absolute Gasteiger partial charge is 0.433 e. The predicted octanol–water partition coefficient (Wildman–Crippen LogP) is 4.94. The van der Waals surface area contributed by atoms with Gasteiger partial charge in [-0.25, -0.2) is 0 Å². The first-order valence-electron chi connectivity index (χ1n) is 21.0. The Kier molecular flexibility index (Phi) is 27.0. The number of hydrogen-bond acceptors (Lipinski definition) is 15. The monoisotopic (exact) mass is 941 g/mol. The number of rotatable bonds is 35. The molecule has 0 aliphatic carbocycles. The molecule has 21 heteroatoms. The number of nitrogens with zero attached hydrogens (tertiary/aromatic N) is 3. The van der Waals surface area contributed by atoms with Crippen LogP contribution in [0.2, 0.25) is 5.02 Å². The van der Waals surface area contributed by atoms with Crippen LogP contribution in [0.25, 0.3) is 11.1 Å². The number of amides is 2. The van der Waals surface area contributed by atoms with Gasteiger partial charge in [-0.2, -0.15) is 18.4 Å². The molecule has 2 aromatic carbocycles. The first-order valence-corrected chi connectivity index (χ1v) is 21.3. The van der Waals surface area contributed by atoms with Gasteiger partial charge in [0.1, 0.15) is 17.2 Å². The van der Waals surface area contributed by atoms with Crippen LogP contribution in [0.3, 0.4) is 0 Å². The van der Waals surface area contributed by atoms with Crippen molar-refractivity contribution in [2.75, 3.05) is 144 Å². The number of benzene rings is 2. The van der Waals surface area contributed by atoms with Crippen molar-refractivity contribution < 1.29 is 70.1 Å². The van der Waals surface area contributed by atoms with Crippen LogP contribution in [-0.4, -0.2) is 156 Å². The SMILES string of the molecule is COc1ccccc1N(C)C(=O)c1cc(-c2cnc(C(F)(F)F)cc2C#N)c(Cl)cc1OCCCC(=O)NCCOCCOCCOCCOCCOCCOCCOCCOCCN. The normalized spacial score (nSPS) is 11.4. The molecule has 3 rings (SSSR count). The molecule has 1 aromatic heterocycles. The lowest BCUT2D eigenvalue weighted by atomic mass is 9.98. The average Bonchev–Trinajstić information content (AvgIpc) is 3.30. The van der Waals surface area contributed by atoms with Gasteiger partial charge in [0.25, 0.3) is 5.91 Å². The molecule has 360 valence electrons. The van der Waals surface area contributed by atoms with Crippen molar-refractivity contribution in [1.29, 1.82) is 5.26 Å². The van der Waals surface area contributed by atoms with Crippen molar-refractivity contribution in [3.05, 3.63) is 70.5 Å². The third-order valence-corrected chi connectivity index (χ3v) is 9.21. The lowest BCUT2D eigenvalue weighted by molar-refractivity contribution is -0.141. The van der Waals surface area contributed by atoms with E-state index >= 15 is 0 Å². The van der Waals surface area contributed by atoms with Crippen LogP contribution in [-0.2, 0) is 48.9 Å². The lowest BCUT2D eigenvalue weighted by Gasteiger charge is -2.22. The summed E-state index contributed by atoms with van der Waals surface area (Å²) < 4.78 is 94.9. The summed E-state index contributed by atoms with van der Waals surface area (Å²) in [5.74, 6) is -0.363. The predicted molar refractivity (Wildman–Crippen MR) is 233 cm³/mol. The second-order valence-corrected chi connectivity index (χ2v) is 14.0. The Labute approximate surface area is 382 Å². The Morgan fingerprint density at radius 1 is 0.754 bits per heavy atom. The molecule has 1 heterocycles. The summed E-state index contributed by atoms with van der Waals surface area (Å²) in [7, 11) is 2.96. The van der Waals surface area contributed by atoms with Crippen molar-refractivity contribution in [1.82, 2.24) is 10.3 Å². The summed E-state index contributed by atoms with van der Waals surface area (Å²) in [4.78, 5) is 31.3. The molecule has 0 aliphatic rings. The number of para-hydroxylation sites is 2. The third-order valence-electron chi connectivity index (χ3n) is 8.90. The Hall–Kier alpha value is -4.66. The number of carbonyl (C=O) groups excluding carboxylic acids is 2. The van der Waals surface area contributed by atoms with Gasteiger partial charge >= 0.3 is 6.18 Å². The Morgan fingerprint density at radius 3 is 1.78 bits per heavy atom. The number of carbonyl (C=O) groups is 2. The Morgan fingerprint density at radius 2 is 1.28 bits per heavy atom. The molecule has 0 atom stereocenters. The van der Waals surface area contributed by atoms with E-state index in [4.69, 9.17) is 64.7 Å². The maximum Gasteiger partial charge on any atom is 0.433 e. The number of pyridine rings is 1. The van der Waals surface area contributed by atoms with Crippen LogP contribution < -0.4 is 25.4 Å². The fourth-order valence-corrected chi connectivity index (χ4v) is 5.91. The quantitative estimate of drug-likeness (QED) is 0.0750. The number of ether oxygens (including phenoxy) is 10. The van der Waals surface area contributed by atoms with E-state index < -0.39 is 17.8 Å². The van der Waals surface area contributed by atoms with Crippen LogP contribution in [0.5, 0.6) is 11.5 Å². The number of hydrogen-bond donors (Lipinski definition) is 2. The van der Waals surface area contributed by atoms with E-state index in [9.17, 15) is 28.0 Å². The summed E-state index contributed by atoms with van der Waals surface area (Å²) in [6.45, 7) is 7.78. The van der Waals surface area contributed by atoms with Gasteiger partial charge in [0.05, 0.1) is 147 Å². The fourth-order valence-electron chi connectivity index (χ4n) is 5.65. The van der Waals surface area contributed by atoms with E-state index in [0.717, 1.165) is 6.20 Å². The molecule has 2 amide bonds. The van der Waals surface area contributed by atoms with E-state index in [1.165, 1.54) is 31.2 Å². The van der Waals surface area contributed by atoms with Gasteiger partial charge in [0.15, 0.2) is 0 Å². The zero-order chi connectivity index (χ0) is 47.1. The summed E-state index contributed by atoms with van der Waals surface area (Å²) in [5.41, 5.74) is 4.22. The van der Waals surface area contributed by atoms with Gasteiger partial charge in [-0.1, -0.05) is 23.7 Å². The number of nitriles is 1. The number of nitrogens with one attached hydrogen (secondary N) is 1. The highest BCUT2D eigenvalue weighted by atomic mass is 35.5. The van der Waals surface area contributed by atoms with Gasteiger partial charge in [0, 0.05) is 49.9 Å². The minimum absolute atomic E-state index is 0.00884. The molecule has 0 radical (unpaired) electrons. The standard InChI is InChI=1S/C44H59ClF3N5O12/c1-53(38-6-3-4-7-39(38)56-2)43(55)35-29-34(36-32-52-41(44(46,47)48)28-33(36)31-50)37(45)30-40(35)65-11-5-8-42(54)51-10-13-58-15-17-60-19-21-62-23-25-64-27-26-63-24-22-61-20-18-59-16-14-57-12-9-49/h3-4,6-7,28-30,32H,5,8-27,49H2,1-2H3,(H,51,54). The highest BCUT2D eigenvalue weighted by molar-refractivity contribution is 6.34. The van der Waals surface area contributed by atoms with Crippen molar-refractivity contribution in [2.24, 2.45) is 5.73 Å². The molecule has 0 unspecified atom stereocenters. The topological polar surface area (TPSA) is 204 Å². The van der Waals surface area contributed by atoms with Gasteiger partial charge in [-0.15, -0.1) is 0 Å². The van der Waals surface area contributed by atoms with Crippen LogP contribution in [0.4, 0.5) is 18.9 Å². The molecule has 3 aromatic rings. The largest absolute Gasteiger partial charge is 0.495 e. The number of methoxy groups -OCH3 is 1. The molecule has 0 saturated carbocycles. The van der Waals surface area contributed by atoms with E-state index in [-0.39, 0.29) is 71.5 Å². The minimum atomic E-state index is -4.78. The molecule has 0 bridgehead atoms. The maximum atomic E-state index is 14.0. The Bertz CT molecular complexity index is 1890. The summed E-state index contributed by atoms with van der Waals surface area (Å²) >= 11 is 6.60. The molecule has 17 nitrogen and oxygen atoms in total. The minimum Gasteiger partial charge on any atom is -0.495 e. The second kappa shape index (κ2) is 32.1. The molecule has 0 saturated heterocycles. The number of nitrogens with two attached hydrogens (primary N) is 1. The first-order chi connectivity index (χ1) is 31.5. The Balaban J connectivity index is 1.30. The fraction of sp³-hybridized carbons (Fsp3) is 0.545. The number of aromatic nitrogens is 1. The third kappa shape index (κ3) is 21.0. The molecular formula is C44H59ClF3N5O12. The van der Waals surface area contributed by atoms with Crippen LogP contribution in [0, 0.1) is 11.3 Å². The van der Waals surface area contributed by atoms with Crippen molar-refractivity contribution in [3.63, 3.8) is 0 Å². The van der Waals surface area contributed by atoms with Crippen molar-refractivity contribution >= 4 is 29.1 Å². The number of halogens is 4. The molecule has 0 spiro atoms. The average molecular weight is 942 g/mol. The van der Waals surface area contributed by atoms with E-state index in [1.807, 2.05) is 0 Å². The van der Waals surface area contributed by atoms with Crippen molar-refractivity contribution in [3.8, 4) is 28.7 Å². The highest BCUT2D eigenvalue weighted by Gasteiger charge is 2.33. The van der Waals surface area contributed by atoms with Crippen LogP contribution in [0.1, 0.15) is 34.5 Å². The summed E-state index contributed by atoms with van der Waals surface area (Å²) in [6, 6.07) is 11.8. The zero-order valence-corrected chi connectivity index (χ0v) is 37.6. The first kappa shape index (κ1) is 54.7. The lowest BCUT2D eigenvalue weighted by Crippen LogP contribution is -2.28. The summed E-state index contributed by atoms with van der Waals surface area (Å²) in [6.07, 6.45) is -3.53. The second-order valence-electron chi connectivity index (χ2n) is 13.6. The molecule has 0 aliphatic heterocycles. The van der Waals surface area contributed by atoms with Crippen molar-refractivity contribution in [2.45, 2.75) is 19.0 Å². The molecular weight excluding hydrogens is 883 g/mol. The van der Waals surface area contributed by atoms with E-state index in [2.05, 4.69) is 10.3 Å². The van der Waals surface area contributed by atoms with Gasteiger partial charge in [0.2, 0.25) is 5.91 Å². The van der Waals surface area contributed by atoms with Crippen LogP contribution in [0.15, 0.2) is 48.7 Å². The van der Waals surface area contributed by atoms with Gasteiger partial charge in [-0.05, 0) is 30.7 Å². The van der Waals surface area contributed by atoms with Gasteiger partial charge in [-0.3, -0.25) is 14.6 Å². The highest BCUT2D eigenvalue weighted by Crippen LogP contribution is 2.39. The van der Waals surface area contributed by atoms with Crippen LogP contribution >= 0.6 is 11.6 Å².